The number of benzene rings is 1. The summed E-state index contributed by atoms with van der Waals surface area (Å²) in [4.78, 5) is 10.7. The lowest BCUT2D eigenvalue weighted by atomic mass is 10.1. The molecule has 0 amide bonds. The van der Waals surface area contributed by atoms with Gasteiger partial charge in [-0.15, -0.1) is 0 Å². The van der Waals surface area contributed by atoms with Crippen LogP contribution >= 0.6 is 15.9 Å². The molecule has 0 saturated heterocycles. The van der Waals surface area contributed by atoms with E-state index in [1.54, 1.807) is 0 Å². The topological polar surface area (TPSA) is 76.0 Å². The Hall–Kier alpha value is -1.34. The number of fused-ring (bicyclic) bond motifs is 1. The molecule has 17 heavy (non-hydrogen) atoms. The van der Waals surface area contributed by atoms with E-state index in [0.29, 0.717) is 6.61 Å². The van der Waals surface area contributed by atoms with Crippen molar-refractivity contribution >= 4 is 21.9 Å². The van der Waals surface area contributed by atoms with Gasteiger partial charge in [-0.25, -0.2) is 9.18 Å². The Kier molecular flexibility index (Phi) is 3.21. The molecule has 92 valence electrons. The summed E-state index contributed by atoms with van der Waals surface area (Å²) in [7, 11) is 0. The van der Waals surface area contributed by atoms with Gasteiger partial charge in [0, 0.05) is 10.0 Å². The number of hydrogen-bond donors (Lipinski definition) is 2. The summed E-state index contributed by atoms with van der Waals surface area (Å²) in [5.41, 5.74) is -0.373. The van der Waals surface area contributed by atoms with Crippen LogP contribution in [0, 0.1) is 5.82 Å². The van der Waals surface area contributed by atoms with Gasteiger partial charge in [-0.1, -0.05) is 15.9 Å². The largest absolute Gasteiger partial charge is 0.486 e. The number of carboxylic acid groups (broad SMARTS) is 1. The normalized spacial score (nSPS) is 15.5. The highest BCUT2D eigenvalue weighted by atomic mass is 79.9. The van der Waals surface area contributed by atoms with E-state index in [0.717, 1.165) is 0 Å². The fraction of sp³-hybridized carbons (Fsp3) is 0.300. The van der Waals surface area contributed by atoms with E-state index in [2.05, 4.69) is 15.9 Å². The van der Waals surface area contributed by atoms with E-state index in [1.807, 2.05) is 0 Å². The molecule has 0 aromatic heterocycles. The third kappa shape index (κ3) is 2.07. The number of aliphatic carboxylic acids is 1. The van der Waals surface area contributed by atoms with Crippen molar-refractivity contribution < 1.29 is 28.9 Å². The van der Waals surface area contributed by atoms with Crippen LogP contribution in [0.15, 0.2) is 10.5 Å². The predicted octanol–water partition coefficient (Wildman–Crippen LogP) is 1.48. The molecule has 0 radical (unpaired) electrons. The zero-order valence-corrected chi connectivity index (χ0v) is 10.0. The first kappa shape index (κ1) is 12.1. The molecule has 1 aliphatic rings. The predicted molar refractivity (Wildman–Crippen MR) is 57.7 cm³/mol. The van der Waals surface area contributed by atoms with E-state index >= 15 is 0 Å². The van der Waals surface area contributed by atoms with E-state index in [-0.39, 0.29) is 28.1 Å². The van der Waals surface area contributed by atoms with Crippen LogP contribution in [0.5, 0.6) is 11.5 Å². The fourth-order valence-electron chi connectivity index (χ4n) is 1.50. The minimum Gasteiger partial charge on any atom is -0.486 e. The molecule has 1 heterocycles. The fourth-order valence-corrected chi connectivity index (χ4v) is 2.10. The molecule has 1 aromatic rings. The van der Waals surface area contributed by atoms with Crippen LogP contribution in [-0.2, 0) is 4.79 Å². The van der Waals surface area contributed by atoms with E-state index < -0.39 is 17.9 Å². The maximum absolute atomic E-state index is 14.0. The zero-order valence-electron chi connectivity index (χ0n) is 8.44. The number of aliphatic hydroxyl groups excluding tert-OH is 1. The second kappa shape index (κ2) is 4.50. The van der Waals surface area contributed by atoms with Gasteiger partial charge in [0.25, 0.3) is 0 Å². The number of ether oxygens (including phenoxy) is 2. The summed E-state index contributed by atoms with van der Waals surface area (Å²) in [6.45, 7) is 0.466. The van der Waals surface area contributed by atoms with E-state index in [4.69, 9.17) is 14.6 Å². The molecular weight excluding hydrogens is 299 g/mol. The lowest BCUT2D eigenvalue weighted by Crippen LogP contribution is -2.19. The van der Waals surface area contributed by atoms with Gasteiger partial charge in [0.15, 0.2) is 23.4 Å². The third-order valence-electron chi connectivity index (χ3n) is 2.27. The van der Waals surface area contributed by atoms with Gasteiger partial charge < -0.3 is 19.7 Å². The molecule has 0 spiro atoms. The Morgan fingerprint density at radius 2 is 2.12 bits per heavy atom. The van der Waals surface area contributed by atoms with Gasteiger partial charge in [-0.2, -0.15) is 0 Å². The summed E-state index contributed by atoms with van der Waals surface area (Å²) in [6, 6.07) is 1.37. The summed E-state index contributed by atoms with van der Waals surface area (Å²) in [5, 5.41) is 18.1. The Morgan fingerprint density at radius 1 is 1.47 bits per heavy atom. The number of hydrogen-bond acceptors (Lipinski definition) is 4. The number of rotatable bonds is 2. The molecular formula is C10H8BrFO5. The Bertz CT molecular complexity index is 476. The molecule has 1 aliphatic heterocycles. The molecule has 0 aliphatic carbocycles. The average Bonchev–Trinajstić information content (AvgIpc) is 2.28. The quantitative estimate of drug-likeness (QED) is 0.865. The molecule has 2 rings (SSSR count). The number of carbonyl (C=O) groups is 1. The Balaban J connectivity index is 2.57. The van der Waals surface area contributed by atoms with Crippen LogP contribution < -0.4 is 9.47 Å². The number of aliphatic hydroxyl groups is 1. The Morgan fingerprint density at radius 3 is 2.76 bits per heavy atom. The summed E-state index contributed by atoms with van der Waals surface area (Å²) in [5.74, 6) is -2.46. The van der Waals surface area contributed by atoms with Crippen molar-refractivity contribution in [2.45, 2.75) is 6.10 Å². The van der Waals surface area contributed by atoms with Crippen LogP contribution in [0.25, 0.3) is 0 Å². The van der Waals surface area contributed by atoms with Crippen molar-refractivity contribution in [1.82, 2.24) is 0 Å². The molecule has 0 saturated carbocycles. The molecule has 1 unspecified atom stereocenters. The van der Waals surface area contributed by atoms with Crippen LogP contribution in [0.1, 0.15) is 11.7 Å². The smallest absolute Gasteiger partial charge is 0.337 e. The van der Waals surface area contributed by atoms with Crippen molar-refractivity contribution in [3.8, 4) is 11.5 Å². The SMILES string of the molecule is O=C(O)C(O)c1c(Br)cc2c(c1F)OCCO2. The van der Waals surface area contributed by atoms with Crippen LogP contribution in [0.2, 0.25) is 0 Å². The molecule has 1 atom stereocenters. The van der Waals surface area contributed by atoms with Gasteiger partial charge >= 0.3 is 5.97 Å². The van der Waals surface area contributed by atoms with Crippen molar-refractivity contribution in [3.63, 3.8) is 0 Å². The molecule has 0 bridgehead atoms. The summed E-state index contributed by atoms with van der Waals surface area (Å²) >= 11 is 3.00. The van der Waals surface area contributed by atoms with Gasteiger partial charge in [0.05, 0.1) is 0 Å². The van der Waals surface area contributed by atoms with Gasteiger partial charge in [0.1, 0.15) is 13.2 Å². The van der Waals surface area contributed by atoms with Crippen LogP contribution in [-0.4, -0.2) is 29.4 Å². The molecule has 1 aromatic carbocycles. The van der Waals surface area contributed by atoms with Crippen molar-refractivity contribution in [2.75, 3.05) is 13.2 Å². The van der Waals surface area contributed by atoms with Crippen molar-refractivity contribution in [2.24, 2.45) is 0 Å². The summed E-state index contributed by atoms with van der Waals surface area (Å²) in [6.07, 6.45) is -1.96. The van der Waals surface area contributed by atoms with Crippen molar-refractivity contribution in [1.29, 1.82) is 0 Å². The Labute approximate surface area is 104 Å². The van der Waals surface area contributed by atoms with E-state index in [9.17, 15) is 14.3 Å². The lowest BCUT2D eigenvalue weighted by Gasteiger charge is -2.21. The first-order chi connectivity index (χ1) is 8.02. The second-order valence-corrected chi connectivity index (χ2v) is 4.21. The molecule has 0 fully saturated rings. The maximum Gasteiger partial charge on any atom is 0.337 e. The van der Waals surface area contributed by atoms with Gasteiger partial charge in [0.2, 0.25) is 0 Å². The minimum atomic E-state index is -1.96. The van der Waals surface area contributed by atoms with Crippen LogP contribution in [0.4, 0.5) is 4.39 Å². The average molecular weight is 307 g/mol. The second-order valence-electron chi connectivity index (χ2n) is 3.35. The van der Waals surface area contributed by atoms with Gasteiger partial charge in [-0.3, -0.25) is 0 Å². The third-order valence-corrected chi connectivity index (χ3v) is 2.93. The van der Waals surface area contributed by atoms with Crippen molar-refractivity contribution in [3.05, 3.63) is 21.9 Å². The lowest BCUT2D eigenvalue weighted by molar-refractivity contribution is -0.147. The number of carboxylic acids is 1. The highest BCUT2D eigenvalue weighted by Gasteiger charge is 2.29. The van der Waals surface area contributed by atoms with Gasteiger partial charge in [-0.05, 0) is 6.07 Å². The van der Waals surface area contributed by atoms with E-state index in [1.165, 1.54) is 6.07 Å². The molecule has 2 N–H and O–H groups in total. The maximum atomic E-state index is 14.0. The van der Waals surface area contributed by atoms with Crippen LogP contribution in [0.3, 0.4) is 0 Å². The number of halogens is 2. The first-order valence-corrected chi connectivity index (χ1v) is 5.50. The monoisotopic (exact) mass is 306 g/mol. The highest BCUT2D eigenvalue weighted by molar-refractivity contribution is 9.10. The molecule has 7 heteroatoms. The first-order valence-electron chi connectivity index (χ1n) is 4.70. The highest BCUT2D eigenvalue weighted by Crippen LogP contribution is 2.41. The summed E-state index contributed by atoms with van der Waals surface area (Å²) < 4.78 is 24.3. The molecule has 5 nitrogen and oxygen atoms in total. The minimum absolute atomic E-state index is 0.120. The zero-order chi connectivity index (χ0) is 12.6. The standard InChI is InChI=1S/C10H8BrFO5/c11-4-3-5-9(17-2-1-16-5)7(12)6(4)8(13)10(14)15/h3,8,13H,1-2H2,(H,14,15).